The number of hydrogen-bond acceptors (Lipinski definition) is 3. The first-order valence-corrected chi connectivity index (χ1v) is 12.0. The Balaban J connectivity index is 1.38. The van der Waals surface area contributed by atoms with Crippen LogP contribution in [0.15, 0.2) is 42.5 Å². The molecule has 1 N–H and O–H groups in total. The number of amides is 2. The Kier molecular flexibility index (Phi) is 8.17. The quantitative estimate of drug-likeness (QED) is 0.591. The Bertz CT molecular complexity index is 932. The van der Waals surface area contributed by atoms with Crippen LogP contribution >= 0.6 is 0 Å². The molecule has 1 fully saturated rings. The monoisotopic (exact) mass is 450 g/mol. The van der Waals surface area contributed by atoms with Gasteiger partial charge in [-0.15, -0.1) is 0 Å². The molecule has 5 heteroatoms. The molecule has 0 spiro atoms. The van der Waals surface area contributed by atoms with Crippen molar-refractivity contribution in [2.45, 2.75) is 71.8 Å². The second-order valence-electron chi connectivity index (χ2n) is 10.1. The second-order valence-corrected chi connectivity index (χ2v) is 10.1. The van der Waals surface area contributed by atoms with E-state index in [4.69, 9.17) is 4.74 Å². The number of aryl methyl sites for hydroxylation is 2. The highest BCUT2D eigenvalue weighted by Gasteiger charge is 2.25. The molecule has 0 saturated carbocycles. The molecule has 2 aromatic rings. The Morgan fingerprint density at radius 3 is 2.18 bits per heavy atom. The van der Waals surface area contributed by atoms with E-state index in [0.717, 1.165) is 35.3 Å². The van der Waals surface area contributed by atoms with Crippen LogP contribution in [0.1, 0.15) is 73.5 Å². The van der Waals surface area contributed by atoms with Crippen LogP contribution in [0.4, 0.5) is 0 Å². The fourth-order valence-electron chi connectivity index (χ4n) is 4.26. The Morgan fingerprint density at radius 2 is 1.61 bits per heavy atom. The van der Waals surface area contributed by atoms with E-state index in [1.54, 1.807) is 0 Å². The molecule has 2 aromatic carbocycles. The summed E-state index contributed by atoms with van der Waals surface area (Å²) in [5.41, 5.74) is 4.26. The smallest absolute Gasteiger partial charge is 0.253 e. The van der Waals surface area contributed by atoms with Crippen LogP contribution in [0.2, 0.25) is 0 Å². The third-order valence-electron chi connectivity index (χ3n) is 6.35. The van der Waals surface area contributed by atoms with Crippen LogP contribution < -0.4 is 10.1 Å². The first-order chi connectivity index (χ1) is 15.6. The second kappa shape index (κ2) is 10.9. The zero-order chi connectivity index (χ0) is 24.0. The van der Waals surface area contributed by atoms with Gasteiger partial charge in [-0.3, -0.25) is 9.59 Å². The predicted molar refractivity (Wildman–Crippen MR) is 133 cm³/mol. The van der Waals surface area contributed by atoms with Crippen LogP contribution in [-0.4, -0.2) is 42.5 Å². The standard InChI is InChI=1S/C28H38N2O3/c1-20-8-6-9-21(2)26(20)33-19-7-10-25(31)29-24-15-17-30(18-16-24)27(32)22-11-13-23(14-12-22)28(3,4)5/h6,8-9,11-14,24H,7,10,15-19H2,1-5H3,(H,29,31). The van der Waals surface area contributed by atoms with Gasteiger partial charge in [-0.1, -0.05) is 51.1 Å². The van der Waals surface area contributed by atoms with E-state index < -0.39 is 0 Å². The van der Waals surface area contributed by atoms with Gasteiger partial charge in [-0.05, 0) is 67.3 Å². The lowest BCUT2D eigenvalue weighted by Crippen LogP contribution is -2.46. The van der Waals surface area contributed by atoms with Crippen LogP contribution in [0, 0.1) is 13.8 Å². The number of carbonyl (C=O) groups is 2. The molecule has 0 aromatic heterocycles. The molecule has 0 aliphatic carbocycles. The van der Waals surface area contributed by atoms with Crippen molar-refractivity contribution in [3.05, 3.63) is 64.7 Å². The van der Waals surface area contributed by atoms with Crippen molar-refractivity contribution < 1.29 is 14.3 Å². The average molecular weight is 451 g/mol. The van der Waals surface area contributed by atoms with Gasteiger partial charge in [0.15, 0.2) is 0 Å². The Morgan fingerprint density at radius 1 is 1.00 bits per heavy atom. The van der Waals surface area contributed by atoms with E-state index in [0.29, 0.717) is 32.5 Å². The summed E-state index contributed by atoms with van der Waals surface area (Å²) in [6.45, 7) is 12.4. The first-order valence-electron chi connectivity index (χ1n) is 12.0. The summed E-state index contributed by atoms with van der Waals surface area (Å²) < 4.78 is 5.89. The number of nitrogens with zero attached hydrogens (tertiary/aromatic N) is 1. The third-order valence-corrected chi connectivity index (χ3v) is 6.35. The average Bonchev–Trinajstić information content (AvgIpc) is 2.78. The Labute approximate surface area is 198 Å². The summed E-state index contributed by atoms with van der Waals surface area (Å²) in [6, 6.07) is 14.2. The van der Waals surface area contributed by atoms with Gasteiger partial charge in [0.2, 0.25) is 5.91 Å². The maximum Gasteiger partial charge on any atom is 0.253 e. The lowest BCUT2D eigenvalue weighted by molar-refractivity contribution is -0.122. The lowest BCUT2D eigenvalue weighted by Gasteiger charge is -2.32. The van der Waals surface area contributed by atoms with Crippen molar-refractivity contribution in [2.75, 3.05) is 19.7 Å². The van der Waals surface area contributed by atoms with Gasteiger partial charge >= 0.3 is 0 Å². The van der Waals surface area contributed by atoms with Crippen molar-refractivity contribution >= 4 is 11.8 Å². The molecule has 0 unspecified atom stereocenters. The van der Waals surface area contributed by atoms with E-state index in [1.807, 2.05) is 61.2 Å². The molecule has 1 aliphatic rings. The minimum absolute atomic E-state index is 0.0580. The molecule has 2 amide bonds. The topological polar surface area (TPSA) is 58.6 Å². The van der Waals surface area contributed by atoms with Crippen LogP contribution in [0.5, 0.6) is 5.75 Å². The summed E-state index contributed by atoms with van der Waals surface area (Å²) in [5.74, 6) is 1.05. The SMILES string of the molecule is Cc1cccc(C)c1OCCCC(=O)NC1CCN(C(=O)c2ccc(C(C)(C)C)cc2)CC1. The van der Waals surface area contributed by atoms with E-state index in [1.165, 1.54) is 5.56 Å². The zero-order valence-electron chi connectivity index (χ0n) is 20.7. The van der Waals surface area contributed by atoms with E-state index in [2.05, 4.69) is 26.1 Å². The molecule has 1 saturated heterocycles. The number of carbonyl (C=O) groups excluding carboxylic acids is 2. The number of para-hydroxylation sites is 1. The van der Waals surface area contributed by atoms with Crippen LogP contribution in [0.25, 0.3) is 0 Å². The van der Waals surface area contributed by atoms with Crippen molar-refractivity contribution in [1.82, 2.24) is 10.2 Å². The van der Waals surface area contributed by atoms with Gasteiger partial charge in [0.1, 0.15) is 5.75 Å². The number of likely N-dealkylation sites (tertiary alicyclic amines) is 1. The molecule has 1 heterocycles. The fourth-order valence-corrected chi connectivity index (χ4v) is 4.26. The molecule has 3 rings (SSSR count). The third kappa shape index (κ3) is 6.83. The minimum atomic E-state index is 0.0580. The molecule has 1 aliphatic heterocycles. The molecule has 0 atom stereocenters. The van der Waals surface area contributed by atoms with Crippen LogP contribution in [-0.2, 0) is 10.2 Å². The fraction of sp³-hybridized carbons (Fsp3) is 0.500. The molecule has 5 nitrogen and oxygen atoms in total. The number of ether oxygens (including phenoxy) is 1. The molecular weight excluding hydrogens is 412 g/mol. The predicted octanol–water partition coefficient (Wildman–Crippen LogP) is 5.18. The maximum absolute atomic E-state index is 12.9. The summed E-state index contributed by atoms with van der Waals surface area (Å²) in [6.07, 6.45) is 2.71. The highest BCUT2D eigenvalue weighted by molar-refractivity contribution is 5.94. The van der Waals surface area contributed by atoms with Gasteiger partial charge in [0.25, 0.3) is 5.91 Å². The summed E-state index contributed by atoms with van der Waals surface area (Å²) in [5, 5.41) is 3.13. The van der Waals surface area contributed by atoms with Gasteiger partial charge in [-0.2, -0.15) is 0 Å². The normalized spacial score (nSPS) is 14.8. The van der Waals surface area contributed by atoms with Crippen molar-refractivity contribution in [1.29, 1.82) is 0 Å². The largest absolute Gasteiger partial charge is 0.493 e. The summed E-state index contributed by atoms with van der Waals surface area (Å²) in [7, 11) is 0. The van der Waals surface area contributed by atoms with Gasteiger partial charge in [0, 0.05) is 31.1 Å². The molecule has 0 radical (unpaired) electrons. The minimum Gasteiger partial charge on any atom is -0.493 e. The van der Waals surface area contributed by atoms with Gasteiger partial charge in [0.05, 0.1) is 6.61 Å². The van der Waals surface area contributed by atoms with E-state index in [9.17, 15) is 9.59 Å². The number of hydrogen-bond donors (Lipinski definition) is 1. The van der Waals surface area contributed by atoms with Crippen molar-refractivity contribution in [2.24, 2.45) is 0 Å². The summed E-state index contributed by atoms with van der Waals surface area (Å²) >= 11 is 0. The first kappa shape index (κ1) is 24.8. The molecular formula is C28H38N2O3. The maximum atomic E-state index is 12.9. The molecule has 178 valence electrons. The van der Waals surface area contributed by atoms with E-state index in [-0.39, 0.29) is 23.3 Å². The van der Waals surface area contributed by atoms with Gasteiger partial charge in [-0.25, -0.2) is 0 Å². The lowest BCUT2D eigenvalue weighted by atomic mass is 9.86. The molecule has 33 heavy (non-hydrogen) atoms. The Hall–Kier alpha value is -2.82. The van der Waals surface area contributed by atoms with Crippen LogP contribution in [0.3, 0.4) is 0 Å². The van der Waals surface area contributed by atoms with Crippen molar-refractivity contribution in [3.63, 3.8) is 0 Å². The highest BCUT2D eigenvalue weighted by Crippen LogP contribution is 2.24. The summed E-state index contributed by atoms with van der Waals surface area (Å²) in [4.78, 5) is 27.1. The van der Waals surface area contributed by atoms with Crippen molar-refractivity contribution in [3.8, 4) is 5.75 Å². The number of piperidine rings is 1. The number of rotatable bonds is 7. The van der Waals surface area contributed by atoms with E-state index >= 15 is 0 Å². The number of benzene rings is 2. The zero-order valence-corrected chi connectivity index (χ0v) is 20.7. The van der Waals surface area contributed by atoms with Gasteiger partial charge < -0.3 is 15.0 Å². The highest BCUT2D eigenvalue weighted by atomic mass is 16.5. The number of nitrogens with one attached hydrogen (secondary N) is 1. The molecule has 0 bridgehead atoms.